The molecule has 0 heterocycles. The summed E-state index contributed by atoms with van der Waals surface area (Å²) in [6.07, 6.45) is 0. The third-order valence-electron chi connectivity index (χ3n) is 2.42. The number of anilines is 1. The van der Waals surface area contributed by atoms with Crippen molar-refractivity contribution in [3.8, 4) is 5.75 Å². The van der Waals surface area contributed by atoms with Crippen molar-refractivity contribution in [3.05, 3.63) is 52.6 Å². The maximum absolute atomic E-state index is 10.8. The van der Waals surface area contributed by atoms with Gasteiger partial charge in [0.1, 0.15) is 5.75 Å². The van der Waals surface area contributed by atoms with Crippen LogP contribution in [0.15, 0.2) is 52.3 Å². The Morgan fingerprint density at radius 3 is 2.68 bits per heavy atom. The summed E-state index contributed by atoms with van der Waals surface area (Å²) >= 11 is 1.38. The SMILES string of the molecule is COc1ccccc1Sc1cc(N)cc([N+](=O)[O-])c1. The van der Waals surface area contributed by atoms with Gasteiger partial charge in [-0.1, -0.05) is 23.9 Å². The van der Waals surface area contributed by atoms with Gasteiger partial charge in [-0.25, -0.2) is 0 Å². The lowest BCUT2D eigenvalue weighted by molar-refractivity contribution is -0.385. The Morgan fingerprint density at radius 1 is 1.26 bits per heavy atom. The molecule has 0 aromatic heterocycles. The summed E-state index contributed by atoms with van der Waals surface area (Å²) in [5.74, 6) is 0.720. The van der Waals surface area contributed by atoms with E-state index in [1.165, 1.54) is 23.9 Å². The molecule has 0 bridgehead atoms. The standard InChI is InChI=1S/C13H12N2O3S/c1-18-12-4-2-3-5-13(12)19-11-7-9(14)6-10(8-11)15(16)17/h2-8H,14H2,1H3. The highest BCUT2D eigenvalue weighted by Crippen LogP contribution is 2.36. The number of non-ortho nitro benzene ring substituents is 1. The van der Waals surface area contributed by atoms with Crippen LogP contribution in [0.3, 0.4) is 0 Å². The number of nitro groups is 1. The van der Waals surface area contributed by atoms with Gasteiger partial charge >= 0.3 is 0 Å². The molecule has 0 spiro atoms. The molecule has 0 aliphatic carbocycles. The number of nitro benzene ring substituents is 1. The molecular formula is C13H12N2O3S. The summed E-state index contributed by atoms with van der Waals surface area (Å²) < 4.78 is 5.24. The number of nitrogen functional groups attached to an aromatic ring is 1. The lowest BCUT2D eigenvalue weighted by atomic mass is 10.3. The topological polar surface area (TPSA) is 78.4 Å². The molecule has 0 atom stereocenters. The number of nitrogens with zero attached hydrogens (tertiary/aromatic N) is 1. The van der Waals surface area contributed by atoms with Crippen molar-refractivity contribution in [1.29, 1.82) is 0 Å². The van der Waals surface area contributed by atoms with Crippen molar-refractivity contribution in [2.24, 2.45) is 0 Å². The fourth-order valence-corrected chi connectivity index (χ4v) is 2.63. The highest BCUT2D eigenvalue weighted by atomic mass is 32.2. The van der Waals surface area contributed by atoms with E-state index in [0.717, 1.165) is 10.6 Å². The number of hydrogen-bond acceptors (Lipinski definition) is 5. The number of methoxy groups -OCH3 is 1. The molecule has 98 valence electrons. The second-order valence-corrected chi connectivity index (χ2v) is 4.89. The molecule has 0 fully saturated rings. The molecule has 0 amide bonds. The quantitative estimate of drug-likeness (QED) is 0.526. The lowest BCUT2D eigenvalue weighted by Crippen LogP contribution is -1.92. The van der Waals surface area contributed by atoms with E-state index in [4.69, 9.17) is 10.5 Å². The fourth-order valence-electron chi connectivity index (χ4n) is 1.60. The predicted octanol–water partition coefficient (Wildman–Crippen LogP) is 3.34. The molecule has 0 aliphatic heterocycles. The van der Waals surface area contributed by atoms with Crippen molar-refractivity contribution in [2.75, 3.05) is 12.8 Å². The van der Waals surface area contributed by atoms with Crippen LogP contribution >= 0.6 is 11.8 Å². The van der Waals surface area contributed by atoms with E-state index in [1.807, 2.05) is 24.3 Å². The van der Waals surface area contributed by atoms with E-state index in [-0.39, 0.29) is 5.69 Å². The Labute approximate surface area is 114 Å². The molecule has 0 radical (unpaired) electrons. The molecule has 0 unspecified atom stereocenters. The minimum Gasteiger partial charge on any atom is -0.496 e. The molecule has 2 aromatic carbocycles. The molecular weight excluding hydrogens is 264 g/mol. The first-order chi connectivity index (χ1) is 9.10. The molecule has 2 rings (SSSR count). The van der Waals surface area contributed by atoms with Crippen LogP contribution < -0.4 is 10.5 Å². The van der Waals surface area contributed by atoms with Gasteiger partial charge in [0, 0.05) is 22.7 Å². The fraction of sp³-hybridized carbons (Fsp3) is 0.0769. The summed E-state index contributed by atoms with van der Waals surface area (Å²) in [4.78, 5) is 11.9. The summed E-state index contributed by atoms with van der Waals surface area (Å²) in [6, 6.07) is 12.0. The van der Waals surface area contributed by atoms with E-state index in [9.17, 15) is 10.1 Å². The second kappa shape index (κ2) is 5.62. The number of nitrogens with two attached hydrogens (primary N) is 1. The van der Waals surface area contributed by atoms with Gasteiger partial charge < -0.3 is 10.5 Å². The Kier molecular flexibility index (Phi) is 3.91. The molecule has 0 saturated heterocycles. The van der Waals surface area contributed by atoms with Crippen molar-refractivity contribution in [2.45, 2.75) is 9.79 Å². The van der Waals surface area contributed by atoms with Crippen molar-refractivity contribution in [1.82, 2.24) is 0 Å². The Hall–Kier alpha value is -2.21. The van der Waals surface area contributed by atoms with E-state index in [1.54, 1.807) is 13.2 Å². The van der Waals surface area contributed by atoms with Gasteiger partial charge in [0.25, 0.3) is 5.69 Å². The van der Waals surface area contributed by atoms with Crippen LogP contribution in [-0.2, 0) is 0 Å². The molecule has 2 aromatic rings. The van der Waals surface area contributed by atoms with Gasteiger partial charge in [-0.2, -0.15) is 0 Å². The molecule has 0 saturated carbocycles. The van der Waals surface area contributed by atoms with Crippen LogP contribution in [0.2, 0.25) is 0 Å². The Morgan fingerprint density at radius 2 is 2.00 bits per heavy atom. The number of benzene rings is 2. The number of para-hydroxylation sites is 1. The summed E-state index contributed by atoms with van der Waals surface area (Å²) in [6.45, 7) is 0. The van der Waals surface area contributed by atoms with Crippen LogP contribution in [0, 0.1) is 10.1 Å². The van der Waals surface area contributed by atoms with Gasteiger partial charge in [0.15, 0.2) is 0 Å². The van der Waals surface area contributed by atoms with Gasteiger partial charge in [0.05, 0.1) is 16.9 Å². The third kappa shape index (κ3) is 3.17. The van der Waals surface area contributed by atoms with Crippen LogP contribution in [0.5, 0.6) is 5.75 Å². The average Bonchev–Trinajstić information content (AvgIpc) is 2.38. The Bertz CT molecular complexity index is 617. The van der Waals surface area contributed by atoms with E-state index < -0.39 is 4.92 Å². The Balaban J connectivity index is 2.35. The molecule has 19 heavy (non-hydrogen) atoms. The van der Waals surface area contributed by atoms with Crippen molar-refractivity contribution >= 4 is 23.1 Å². The number of ether oxygens (including phenoxy) is 1. The predicted molar refractivity (Wildman–Crippen MR) is 74.6 cm³/mol. The van der Waals surface area contributed by atoms with Crippen LogP contribution in [0.25, 0.3) is 0 Å². The zero-order valence-electron chi connectivity index (χ0n) is 10.2. The number of rotatable bonds is 4. The van der Waals surface area contributed by atoms with Gasteiger partial charge in [-0.15, -0.1) is 0 Å². The summed E-state index contributed by atoms with van der Waals surface area (Å²) in [5, 5.41) is 10.8. The molecule has 0 aliphatic rings. The zero-order valence-corrected chi connectivity index (χ0v) is 11.0. The molecule has 6 heteroatoms. The summed E-state index contributed by atoms with van der Waals surface area (Å²) in [7, 11) is 1.58. The first-order valence-electron chi connectivity index (χ1n) is 5.46. The zero-order chi connectivity index (χ0) is 13.8. The minimum absolute atomic E-state index is 0.0163. The van der Waals surface area contributed by atoms with E-state index >= 15 is 0 Å². The molecule has 5 nitrogen and oxygen atoms in total. The maximum Gasteiger partial charge on any atom is 0.272 e. The largest absolute Gasteiger partial charge is 0.496 e. The van der Waals surface area contributed by atoms with Crippen LogP contribution in [0.1, 0.15) is 0 Å². The number of hydrogen-bond donors (Lipinski definition) is 1. The van der Waals surface area contributed by atoms with Crippen molar-refractivity contribution in [3.63, 3.8) is 0 Å². The van der Waals surface area contributed by atoms with Crippen LogP contribution in [-0.4, -0.2) is 12.0 Å². The minimum atomic E-state index is -0.456. The van der Waals surface area contributed by atoms with E-state index in [0.29, 0.717) is 10.6 Å². The average molecular weight is 276 g/mol. The monoisotopic (exact) mass is 276 g/mol. The normalized spacial score (nSPS) is 10.2. The molecule has 2 N–H and O–H groups in total. The highest BCUT2D eigenvalue weighted by Gasteiger charge is 2.11. The van der Waals surface area contributed by atoms with Gasteiger partial charge in [-0.05, 0) is 18.2 Å². The summed E-state index contributed by atoms with van der Waals surface area (Å²) in [5.41, 5.74) is 6.02. The van der Waals surface area contributed by atoms with Crippen molar-refractivity contribution < 1.29 is 9.66 Å². The highest BCUT2D eigenvalue weighted by molar-refractivity contribution is 7.99. The smallest absolute Gasteiger partial charge is 0.272 e. The first kappa shape index (κ1) is 13.2. The first-order valence-corrected chi connectivity index (χ1v) is 6.27. The second-order valence-electron chi connectivity index (χ2n) is 3.77. The van der Waals surface area contributed by atoms with Crippen LogP contribution in [0.4, 0.5) is 11.4 Å². The van der Waals surface area contributed by atoms with Gasteiger partial charge in [-0.3, -0.25) is 10.1 Å². The third-order valence-corrected chi connectivity index (χ3v) is 3.45. The van der Waals surface area contributed by atoms with Gasteiger partial charge in [0.2, 0.25) is 0 Å². The van der Waals surface area contributed by atoms with E-state index in [2.05, 4.69) is 0 Å². The maximum atomic E-state index is 10.8. The lowest BCUT2D eigenvalue weighted by Gasteiger charge is -2.08.